The Kier molecular flexibility index (Phi) is 4.26. The molecule has 1 aliphatic heterocycles. The summed E-state index contributed by atoms with van der Waals surface area (Å²) >= 11 is 0. The Morgan fingerprint density at radius 3 is 2.56 bits per heavy atom. The maximum Gasteiger partial charge on any atom is 0.0318 e. The van der Waals surface area contributed by atoms with Crippen molar-refractivity contribution in [2.24, 2.45) is 5.92 Å². The molecule has 0 spiro atoms. The Hall–Kier alpha value is -0.0800. The third-order valence-corrected chi connectivity index (χ3v) is 4.83. The van der Waals surface area contributed by atoms with Crippen LogP contribution in [-0.2, 0) is 0 Å². The molecule has 0 aromatic heterocycles. The summed E-state index contributed by atoms with van der Waals surface area (Å²) in [4.78, 5) is 2.47. The van der Waals surface area contributed by atoms with Crippen LogP contribution >= 0.6 is 0 Å². The van der Waals surface area contributed by atoms with E-state index in [9.17, 15) is 0 Å². The molecular weight excluding hydrogens is 196 g/mol. The number of hydrogen-bond acceptors (Lipinski definition) is 2. The molecule has 1 atom stereocenters. The van der Waals surface area contributed by atoms with E-state index >= 15 is 0 Å². The minimum absolute atomic E-state index is 0.437. The van der Waals surface area contributed by atoms with Crippen LogP contribution in [0, 0.1) is 5.92 Å². The summed E-state index contributed by atoms with van der Waals surface area (Å²) in [7, 11) is 4.40. The molecule has 1 heterocycles. The van der Waals surface area contributed by atoms with Crippen molar-refractivity contribution >= 4 is 0 Å². The molecule has 0 radical (unpaired) electrons. The first-order valence-corrected chi connectivity index (χ1v) is 7.12. The van der Waals surface area contributed by atoms with Gasteiger partial charge in [0, 0.05) is 12.1 Å². The highest BCUT2D eigenvalue weighted by Crippen LogP contribution is 2.32. The minimum atomic E-state index is 0.437. The monoisotopic (exact) mass is 224 g/mol. The summed E-state index contributed by atoms with van der Waals surface area (Å²) in [5.74, 6) is 1.03. The maximum absolute atomic E-state index is 3.61. The number of nitrogens with zero attached hydrogens (tertiary/aromatic N) is 1. The molecule has 1 saturated carbocycles. The molecule has 0 aromatic rings. The lowest BCUT2D eigenvalue weighted by molar-refractivity contribution is 0.257. The van der Waals surface area contributed by atoms with E-state index in [0.717, 1.165) is 5.92 Å². The first-order chi connectivity index (χ1) is 7.74. The van der Waals surface area contributed by atoms with Gasteiger partial charge < -0.3 is 10.2 Å². The fourth-order valence-corrected chi connectivity index (χ4v) is 3.57. The SMILES string of the molecule is CNC1(CCC2CCCCC2)CCN(C)C1. The Morgan fingerprint density at radius 2 is 2.00 bits per heavy atom. The molecule has 94 valence electrons. The second kappa shape index (κ2) is 5.50. The zero-order valence-electron chi connectivity index (χ0n) is 11.1. The molecule has 2 rings (SSSR count). The highest BCUT2D eigenvalue weighted by Gasteiger charge is 2.35. The van der Waals surface area contributed by atoms with Crippen molar-refractivity contribution in [1.82, 2.24) is 10.2 Å². The zero-order chi connectivity index (χ0) is 11.4. The quantitative estimate of drug-likeness (QED) is 0.790. The first-order valence-electron chi connectivity index (χ1n) is 7.12. The van der Waals surface area contributed by atoms with Gasteiger partial charge in [-0.15, -0.1) is 0 Å². The lowest BCUT2D eigenvalue weighted by Gasteiger charge is -2.31. The first kappa shape index (κ1) is 12.4. The normalized spacial score (nSPS) is 33.4. The second-order valence-electron chi connectivity index (χ2n) is 6.06. The second-order valence-corrected chi connectivity index (χ2v) is 6.06. The van der Waals surface area contributed by atoms with Crippen molar-refractivity contribution < 1.29 is 0 Å². The number of rotatable bonds is 4. The highest BCUT2D eigenvalue weighted by atomic mass is 15.2. The van der Waals surface area contributed by atoms with Crippen LogP contribution in [0.25, 0.3) is 0 Å². The Morgan fingerprint density at radius 1 is 1.25 bits per heavy atom. The third-order valence-electron chi connectivity index (χ3n) is 4.83. The molecule has 1 unspecified atom stereocenters. The van der Waals surface area contributed by atoms with Gasteiger partial charge in [0.2, 0.25) is 0 Å². The van der Waals surface area contributed by atoms with Crippen molar-refractivity contribution in [2.75, 3.05) is 27.2 Å². The predicted octanol–water partition coefficient (Wildman–Crippen LogP) is 2.64. The lowest BCUT2D eigenvalue weighted by Crippen LogP contribution is -2.45. The van der Waals surface area contributed by atoms with Gasteiger partial charge in [-0.2, -0.15) is 0 Å². The highest BCUT2D eigenvalue weighted by molar-refractivity contribution is 4.95. The molecule has 2 nitrogen and oxygen atoms in total. The van der Waals surface area contributed by atoms with Crippen molar-refractivity contribution in [2.45, 2.75) is 56.9 Å². The van der Waals surface area contributed by atoms with Crippen LogP contribution < -0.4 is 5.32 Å². The van der Waals surface area contributed by atoms with Crippen LogP contribution in [0.15, 0.2) is 0 Å². The van der Waals surface area contributed by atoms with Gasteiger partial charge in [0.15, 0.2) is 0 Å². The van der Waals surface area contributed by atoms with Crippen LogP contribution in [0.3, 0.4) is 0 Å². The largest absolute Gasteiger partial charge is 0.313 e. The summed E-state index contributed by atoms with van der Waals surface area (Å²) in [6.45, 7) is 2.52. The van der Waals surface area contributed by atoms with Gasteiger partial charge in [0.25, 0.3) is 0 Å². The van der Waals surface area contributed by atoms with E-state index in [0.29, 0.717) is 5.54 Å². The fourth-order valence-electron chi connectivity index (χ4n) is 3.57. The van der Waals surface area contributed by atoms with Gasteiger partial charge >= 0.3 is 0 Å². The van der Waals surface area contributed by atoms with Crippen molar-refractivity contribution in [3.63, 3.8) is 0 Å². The number of hydrogen-bond donors (Lipinski definition) is 1. The Labute approximate surface area is 101 Å². The number of likely N-dealkylation sites (N-methyl/N-ethyl adjacent to an activating group) is 2. The van der Waals surface area contributed by atoms with E-state index in [4.69, 9.17) is 0 Å². The smallest absolute Gasteiger partial charge is 0.0318 e. The molecule has 0 aromatic carbocycles. The summed E-state index contributed by atoms with van der Waals surface area (Å²) in [5.41, 5.74) is 0.437. The van der Waals surface area contributed by atoms with Crippen LogP contribution in [-0.4, -0.2) is 37.6 Å². The molecular formula is C14H28N2. The topological polar surface area (TPSA) is 15.3 Å². The zero-order valence-corrected chi connectivity index (χ0v) is 11.1. The van der Waals surface area contributed by atoms with E-state index < -0.39 is 0 Å². The summed E-state index contributed by atoms with van der Waals surface area (Å²) < 4.78 is 0. The van der Waals surface area contributed by atoms with Crippen molar-refractivity contribution in [3.05, 3.63) is 0 Å². The Balaban J connectivity index is 1.78. The van der Waals surface area contributed by atoms with Gasteiger partial charge in [-0.25, -0.2) is 0 Å². The summed E-state index contributed by atoms with van der Waals surface area (Å²) in [6, 6.07) is 0. The van der Waals surface area contributed by atoms with E-state index in [1.807, 2.05) is 0 Å². The molecule has 0 bridgehead atoms. The number of likely N-dealkylation sites (tertiary alicyclic amines) is 1. The molecule has 1 N–H and O–H groups in total. The standard InChI is InChI=1S/C14H28N2/c1-15-14(10-11-16(2)12-14)9-8-13-6-4-3-5-7-13/h13,15H,3-12H2,1-2H3. The third kappa shape index (κ3) is 2.98. The van der Waals surface area contributed by atoms with Gasteiger partial charge in [-0.1, -0.05) is 32.1 Å². The van der Waals surface area contributed by atoms with E-state index in [1.54, 1.807) is 0 Å². The summed E-state index contributed by atoms with van der Waals surface area (Å²) in [6.07, 6.45) is 11.6. The molecule has 0 amide bonds. The maximum atomic E-state index is 3.61. The van der Waals surface area contributed by atoms with Crippen LogP contribution in [0.5, 0.6) is 0 Å². The van der Waals surface area contributed by atoms with Crippen LogP contribution in [0.4, 0.5) is 0 Å². The number of nitrogens with one attached hydrogen (secondary N) is 1. The van der Waals surface area contributed by atoms with Gasteiger partial charge in [0.1, 0.15) is 0 Å². The van der Waals surface area contributed by atoms with E-state index in [1.165, 1.54) is 64.5 Å². The molecule has 16 heavy (non-hydrogen) atoms. The van der Waals surface area contributed by atoms with Gasteiger partial charge in [-0.05, 0) is 45.8 Å². The molecule has 2 heteroatoms. The van der Waals surface area contributed by atoms with Crippen LogP contribution in [0.2, 0.25) is 0 Å². The van der Waals surface area contributed by atoms with Gasteiger partial charge in [-0.3, -0.25) is 0 Å². The van der Waals surface area contributed by atoms with Crippen molar-refractivity contribution in [3.8, 4) is 0 Å². The van der Waals surface area contributed by atoms with Crippen molar-refractivity contribution in [1.29, 1.82) is 0 Å². The average molecular weight is 224 g/mol. The van der Waals surface area contributed by atoms with E-state index in [2.05, 4.69) is 24.3 Å². The summed E-state index contributed by atoms with van der Waals surface area (Å²) in [5, 5.41) is 3.61. The molecule has 1 saturated heterocycles. The predicted molar refractivity (Wildman–Crippen MR) is 69.7 cm³/mol. The average Bonchev–Trinajstić information content (AvgIpc) is 2.71. The Bertz CT molecular complexity index is 211. The lowest BCUT2D eigenvalue weighted by atomic mass is 9.81. The molecule has 2 aliphatic rings. The van der Waals surface area contributed by atoms with Crippen LogP contribution in [0.1, 0.15) is 51.4 Å². The van der Waals surface area contributed by atoms with E-state index in [-0.39, 0.29) is 0 Å². The molecule has 2 fully saturated rings. The van der Waals surface area contributed by atoms with Gasteiger partial charge in [0.05, 0.1) is 0 Å². The minimum Gasteiger partial charge on any atom is -0.313 e. The fraction of sp³-hybridized carbons (Fsp3) is 1.00. The molecule has 1 aliphatic carbocycles.